The minimum atomic E-state index is -4.40. The Bertz CT molecular complexity index is 660. The molecule has 7 heteroatoms. The predicted molar refractivity (Wildman–Crippen MR) is 75.8 cm³/mol. The van der Waals surface area contributed by atoms with Gasteiger partial charge in [-0.3, -0.25) is 0 Å². The van der Waals surface area contributed by atoms with Crippen LogP contribution in [0, 0.1) is 0 Å². The molecule has 2 heterocycles. The van der Waals surface area contributed by atoms with E-state index in [4.69, 9.17) is 10.5 Å². The molecule has 1 saturated heterocycles. The molecule has 1 aliphatic heterocycles. The average molecular weight is 311 g/mol. The summed E-state index contributed by atoms with van der Waals surface area (Å²) in [5, 5.41) is 0. The minimum absolute atomic E-state index is 0.0844. The van der Waals surface area contributed by atoms with E-state index in [2.05, 4.69) is 4.98 Å². The maximum atomic E-state index is 12.7. The van der Waals surface area contributed by atoms with Crippen LogP contribution >= 0.6 is 0 Å². The highest BCUT2D eigenvalue weighted by Gasteiger charge is 2.31. The Hall–Kier alpha value is -2.02. The summed E-state index contributed by atoms with van der Waals surface area (Å²) in [7, 11) is 0. The number of nitrogen functional groups attached to an aromatic ring is 1. The van der Waals surface area contributed by atoms with Crippen LogP contribution < -0.4 is 5.73 Å². The van der Waals surface area contributed by atoms with Crippen molar-refractivity contribution in [2.75, 3.05) is 18.9 Å². The van der Waals surface area contributed by atoms with Crippen LogP contribution in [0.4, 0.5) is 18.9 Å². The van der Waals surface area contributed by atoms with Crippen LogP contribution in [0.5, 0.6) is 0 Å². The van der Waals surface area contributed by atoms with Crippen LogP contribution in [0.15, 0.2) is 30.6 Å². The van der Waals surface area contributed by atoms with Crippen molar-refractivity contribution < 1.29 is 17.9 Å². The van der Waals surface area contributed by atoms with E-state index in [1.54, 1.807) is 17.0 Å². The second-order valence-electron chi connectivity index (χ2n) is 5.31. The average Bonchev–Trinajstić information content (AvgIpc) is 2.96. The summed E-state index contributed by atoms with van der Waals surface area (Å²) < 4.78 is 45.3. The van der Waals surface area contributed by atoms with Gasteiger partial charge < -0.3 is 15.0 Å². The Labute approximate surface area is 125 Å². The summed E-state index contributed by atoms with van der Waals surface area (Å²) >= 11 is 0. The summed E-state index contributed by atoms with van der Waals surface area (Å²) in [5.41, 5.74) is 5.69. The molecule has 0 saturated carbocycles. The highest BCUT2D eigenvalue weighted by molar-refractivity contribution is 5.60. The molecule has 0 amide bonds. The van der Waals surface area contributed by atoms with Crippen LogP contribution in [0.1, 0.15) is 30.1 Å². The first-order valence-corrected chi connectivity index (χ1v) is 7.05. The predicted octanol–water partition coefficient (Wildman–Crippen LogP) is 3.37. The van der Waals surface area contributed by atoms with E-state index >= 15 is 0 Å². The molecule has 0 aliphatic carbocycles. The second kappa shape index (κ2) is 5.64. The van der Waals surface area contributed by atoms with Crippen LogP contribution in [-0.2, 0) is 10.9 Å². The van der Waals surface area contributed by atoms with Gasteiger partial charge >= 0.3 is 6.18 Å². The zero-order valence-corrected chi connectivity index (χ0v) is 11.8. The molecule has 22 heavy (non-hydrogen) atoms. The lowest BCUT2D eigenvalue weighted by atomic mass is 9.99. The van der Waals surface area contributed by atoms with Crippen LogP contribution in [0.25, 0.3) is 5.69 Å². The van der Waals surface area contributed by atoms with Crippen molar-refractivity contribution in [1.29, 1.82) is 0 Å². The van der Waals surface area contributed by atoms with Crippen molar-refractivity contribution in [3.8, 4) is 5.69 Å². The van der Waals surface area contributed by atoms with E-state index in [9.17, 15) is 13.2 Å². The quantitative estimate of drug-likeness (QED) is 0.865. The molecule has 0 atom stereocenters. The molecule has 0 bridgehead atoms. The number of halogens is 3. The first kappa shape index (κ1) is 14.9. The van der Waals surface area contributed by atoms with E-state index in [-0.39, 0.29) is 11.6 Å². The van der Waals surface area contributed by atoms with Gasteiger partial charge in [0.2, 0.25) is 0 Å². The molecule has 3 rings (SSSR count). The van der Waals surface area contributed by atoms with E-state index in [1.807, 2.05) is 0 Å². The number of alkyl halides is 3. The number of nitrogens with zero attached hydrogens (tertiary/aromatic N) is 2. The van der Waals surface area contributed by atoms with Gasteiger partial charge in [-0.1, -0.05) is 0 Å². The molecule has 2 N–H and O–H groups in total. The Kier molecular flexibility index (Phi) is 3.82. The lowest BCUT2D eigenvalue weighted by Gasteiger charge is -2.23. The zero-order valence-electron chi connectivity index (χ0n) is 11.8. The lowest BCUT2D eigenvalue weighted by Crippen LogP contribution is -2.18. The number of imidazole rings is 1. The fourth-order valence-corrected chi connectivity index (χ4v) is 2.73. The van der Waals surface area contributed by atoms with Gasteiger partial charge in [0.1, 0.15) is 5.82 Å². The number of hydrogen-bond acceptors (Lipinski definition) is 3. The van der Waals surface area contributed by atoms with Crippen LogP contribution in [-0.4, -0.2) is 22.8 Å². The first-order valence-electron chi connectivity index (χ1n) is 7.05. The Balaban J connectivity index is 1.97. The third kappa shape index (κ3) is 2.81. The van der Waals surface area contributed by atoms with Crippen molar-refractivity contribution in [3.05, 3.63) is 42.0 Å². The molecule has 118 valence electrons. The van der Waals surface area contributed by atoms with Crippen LogP contribution in [0.3, 0.4) is 0 Å². The maximum absolute atomic E-state index is 12.7. The van der Waals surface area contributed by atoms with Gasteiger partial charge in [0.05, 0.1) is 16.9 Å². The van der Waals surface area contributed by atoms with Gasteiger partial charge in [-0.2, -0.15) is 13.2 Å². The van der Waals surface area contributed by atoms with E-state index in [1.165, 1.54) is 6.07 Å². The number of ether oxygens (including phenoxy) is 1. The molecule has 1 aromatic heterocycles. The maximum Gasteiger partial charge on any atom is 0.416 e. The number of anilines is 1. The van der Waals surface area contributed by atoms with Gasteiger partial charge in [-0.25, -0.2) is 4.98 Å². The highest BCUT2D eigenvalue weighted by atomic mass is 19.4. The van der Waals surface area contributed by atoms with Gasteiger partial charge in [-0.15, -0.1) is 0 Å². The van der Waals surface area contributed by atoms with Crippen LogP contribution in [0.2, 0.25) is 0 Å². The number of benzene rings is 1. The Morgan fingerprint density at radius 3 is 2.59 bits per heavy atom. The normalized spacial score (nSPS) is 16.9. The van der Waals surface area contributed by atoms with E-state index in [0.29, 0.717) is 18.9 Å². The standard InChI is InChI=1S/C15H16F3N3O/c16-15(17,18)11-1-2-13(12(19)9-11)21-6-5-20-14(21)10-3-7-22-8-4-10/h1-2,5-6,9-10H,3-4,7-8,19H2. The molecule has 1 aromatic carbocycles. The largest absolute Gasteiger partial charge is 0.416 e. The number of nitrogens with two attached hydrogens (primary N) is 1. The Morgan fingerprint density at radius 1 is 1.23 bits per heavy atom. The molecule has 2 aromatic rings. The topological polar surface area (TPSA) is 53.1 Å². The van der Waals surface area contributed by atoms with Crippen molar-refractivity contribution in [1.82, 2.24) is 9.55 Å². The minimum Gasteiger partial charge on any atom is -0.397 e. The number of hydrogen-bond donors (Lipinski definition) is 1. The zero-order chi connectivity index (χ0) is 15.7. The highest BCUT2D eigenvalue weighted by Crippen LogP contribution is 2.34. The van der Waals surface area contributed by atoms with E-state index < -0.39 is 11.7 Å². The molecular formula is C15H16F3N3O. The summed E-state index contributed by atoms with van der Waals surface area (Å²) in [5.74, 6) is 1.04. The summed E-state index contributed by atoms with van der Waals surface area (Å²) in [4.78, 5) is 4.36. The van der Waals surface area contributed by atoms with Crippen molar-refractivity contribution in [2.45, 2.75) is 24.9 Å². The summed E-state index contributed by atoms with van der Waals surface area (Å²) in [6.45, 7) is 1.33. The smallest absolute Gasteiger partial charge is 0.397 e. The molecule has 0 unspecified atom stereocenters. The number of aromatic nitrogens is 2. The van der Waals surface area contributed by atoms with Gasteiger partial charge in [0.25, 0.3) is 0 Å². The molecule has 0 spiro atoms. The Morgan fingerprint density at radius 2 is 1.95 bits per heavy atom. The van der Waals surface area contributed by atoms with E-state index in [0.717, 1.165) is 30.8 Å². The molecule has 0 radical (unpaired) electrons. The summed E-state index contributed by atoms with van der Waals surface area (Å²) in [6.07, 6.45) is 0.659. The monoisotopic (exact) mass is 311 g/mol. The molecular weight excluding hydrogens is 295 g/mol. The van der Waals surface area contributed by atoms with Crippen molar-refractivity contribution in [2.24, 2.45) is 0 Å². The van der Waals surface area contributed by atoms with Gasteiger partial charge in [-0.05, 0) is 31.0 Å². The third-order valence-corrected chi connectivity index (χ3v) is 3.87. The van der Waals surface area contributed by atoms with Crippen molar-refractivity contribution >= 4 is 5.69 Å². The van der Waals surface area contributed by atoms with Gasteiger partial charge in [0.15, 0.2) is 0 Å². The first-order chi connectivity index (χ1) is 10.5. The summed E-state index contributed by atoms with van der Waals surface area (Å²) in [6, 6.07) is 3.39. The second-order valence-corrected chi connectivity index (χ2v) is 5.31. The fourth-order valence-electron chi connectivity index (χ4n) is 2.73. The fraction of sp³-hybridized carbons (Fsp3) is 0.400. The van der Waals surface area contributed by atoms with Gasteiger partial charge in [0, 0.05) is 31.5 Å². The number of rotatable bonds is 2. The molecule has 1 aliphatic rings. The molecule has 1 fully saturated rings. The van der Waals surface area contributed by atoms with Crippen molar-refractivity contribution in [3.63, 3.8) is 0 Å². The lowest BCUT2D eigenvalue weighted by molar-refractivity contribution is -0.137. The molecule has 4 nitrogen and oxygen atoms in total. The SMILES string of the molecule is Nc1cc(C(F)(F)F)ccc1-n1ccnc1C1CCOCC1. The third-order valence-electron chi connectivity index (χ3n) is 3.87.